The summed E-state index contributed by atoms with van der Waals surface area (Å²) < 4.78 is 5.67. The van der Waals surface area contributed by atoms with Gasteiger partial charge < -0.3 is 14.7 Å². The van der Waals surface area contributed by atoms with Crippen LogP contribution in [0.2, 0.25) is 0 Å². The number of hydrogen-bond donors (Lipinski definition) is 1. The minimum absolute atomic E-state index is 0.109. The Bertz CT molecular complexity index is 601. The lowest BCUT2D eigenvalue weighted by Gasteiger charge is -2.31. The second-order valence-electron chi connectivity index (χ2n) is 5.12. The molecule has 0 aliphatic carbocycles. The van der Waals surface area contributed by atoms with Crippen molar-refractivity contribution in [1.82, 2.24) is 9.97 Å². The largest absolute Gasteiger partial charge is 0.395 e. The van der Waals surface area contributed by atoms with Crippen molar-refractivity contribution in [3.8, 4) is 0 Å². The molecule has 1 aliphatic heterocycles. The Hall–Kier alpha value is -1.24. The van der Waals surface area contributed by atoms with Gasteiger partial charge in [0.2, 0.25) is 0 Å². The maximum Gasteiger partial charge on any atom is 0.141 e. The molecule has 5 nitrogen and oxygen atoms in total. The van der Waals surface area contributed by atoms with Crippen molar-refractivity contribution in [2.24, 2.45) is 0 Å². The van der Waals surface area contributed by atoms with Crippen LogP contribution in [0, 0.1) is 6.92 Å². The van der Waals surface area contributed by atoms with Crippen molar-refractivity contribution in [2.45, 2.75) is 32.4 Å². The molecule has 0 radical (unpaired) electrons. The number of aromatic nitrogens is 2. The van der Waals surface area contributed by atoms with Crippen LogP contribution in [0.3, 0.4) is 0 Å². The zero-order valence-electron chi connectivity index (χ0n) is 11.7. The van der Waals surface area contributed by atoms with E-state index in [1.807, 2.05) is 0 Å². The van der Waals surface area contributed by atoms with Gasteiger partial charge in [0.1, 0.15) is 17.0 Å². The highest BCUT2D eigenvalue weighted by atomic mass is 32.1. The SMILES string of the molecule is Cc1cc2c(N(CCO)[C@H]3CCO[C@H]3C)ncnc2s1. The summed E-state index contributed by atoms with van der Waals surface area (Å²) in [6.07, 6.45) is 2.74. The number of ether oxygens (including phenoxy) is 1. The van der Waals surface area contributed by atoms with Crippen molar-refractivity contribution in [2.75, 3.05) is 24.7 Å². The Kier molecular flexibility index (Phi) is 3.87. The van der Waals surface area contributed by atoms with Gasteiger partial charge in [-0.15, -0.1) is 11.3 Å². The molecular formula is C14H19N3O2S. The van der Waals surface area contributed by atoms with E-state index < -0.39 is 0 Å². The first-order valence-corrected chi connectivity index (χ1v) is 7.72. The molecule has 0 amide bonds. The van der Waals surface area contributed by atoms with Gasteiger partial charge in [0.15, 0.2) is 0 Å². The number of fused-ring (bicyclic) bond motifs is 1. The van der Waals surface area contributed by atoms with E-state index in [2.05, 4.69) is 34.8 Å². The molecule has 20 heavy (non-hydrogen) atoms. The third kappa shape index (κ3) is 2.39. The van der Waals surface area contributed by atoms with Crippen molar-refractivity contribution >= 4 is 27.4 Å². The Morgan fingerprint density at radius 3 is 3.05 bits per heavy atom. The van der Waals surface area contributed by atoms with Crippen LogP contribution < -0.4 is 4.90 Å². The van der Waals surface area contributed by atoms with Crippen molar-refractivity contribution in [1.29, 1.82) is 0 Å². The van der Waals surface area contributed by atoms with Gasteiger partial charge in [0.25, 0.3) is 0 Å². The minimum Gasteiger partial charge on any atom is -0.395 e. The van der Waals surface area contributed by atoms with Crippen LogP contribution in [0.15, 0.2) is 12.4 Å². The molecule has 0 saturated carbocycles. The summed E-state index contributed by atoms with van der Waals surface area (Å²) in [5.41, 5.74) is 0. The molecule has 3 heterocycles. The van der Waals surface area contributed by atoms with Gasteiger partial charge in [-0.05, 0) is 26.3 Å². The van der Waals surface area contributed by atoms with Crippen molar-refractivity contribution in [3.05, 3.63) is 17.3 Å². The van der Waals surface area contributed by atoms with Gasteiger partial charge >= 0.3 is 0 Å². The van der Waals surface area contributed by atoms with Gasteiger partial charge in [0.05, 0.1) is 24.1 Å². The highest BCUT2D eigenvalue weighted by molar-refractivity contribution is 7.18. The highest BCUT2D eigenvalue weighted by Gasteiger charge is 2.31. The lowest BCUT2D eigenvalue weighted by atomic mass is 10.1. The predicted molar refractivity (Wildman–Crippen MR) is 80.4 cm³/mol. The Balaban J connectivity index is 2.04. The van der Waals surface area contributed by atoms with E-state index in [0.29, 0.717) is 6.54 Å². The number of aryl methyl sites for hydroxylation is 1. The number of hydrogen-bond acceptors (Lipinski definition) is 6. The molecule has 3 rings (SSSR count). The number of anilines is 1. The molecule has 0 unspecified atom stereocenters. The number of thiophene rings is 1. The average molecular weight is 293 g/mol. The number of aliphatic hydroxyl groups is 1. The normalized spacial score (nSPS) is 22.6. The van der Waals surface area contributed by atoms with Crippen LogP contribution in [0.25, 0.3) is 10.2 Å². The lowest BCUT2D eigenvalue weighted by molar-refractivity contribution is 0.117. The molecule has 6 heteroatoms. The van der Waals surface area contributed by atoms with Gasteiger partial charge in [-0.3, -0.25) is 0 Å². The molecule has 1 aliphatic rings. The van der Waals surface area contributed by atoms with Gasteiger partial charge in [-0.25, -0.2) is 9.97 Å². The second kappa shape index (κ2) is 5.63. The van der Waals surface area contributed by atoms with Crippen LogP contribution >= 0.6 is 11.3 Å². The smallest absolute Gasteiger partial charge is 0.141 e. The molecule has 2 aromatic rings. The van der Waals surface area contributed by atoms with Crippen LogP contribution in [0.1, 0.15) is 18.2 Å². The molecule has 1 saturated heterocycles. The number of aliphatic hydroxyl groups excluding tert-OH is 1. The summed E-state index contributed by atoms with van der Waals surface area (Å²) in [5.74, 6) is 0.913. The maximum atomic E-state index is 9.40. The fourth-order valence-electron chi connectivity index (χ4n) is 2.86. The van der Waals surface area contributed by atoms with E-state index >= 15 is 0 Å². The predicted octanol–water partition coefficient (Wildman–Crippen LogP) is 1.98. The summed E-state index contributed by atoms with van der Waals surface area (Å²) in [6, 6.07) is 2.39. The molecule has 2 atom stereocenters. The van der Waals surface area contributed by atoms with E-state index in [0.717, 1.165) is 29.1 Å². The molecule has 0 bridgehead atoms. The van der Waals surface area contributed by atoms with E-state index in [9.17, 15) is 5.11 Å². The molecule has 0 aromatic carbocycles. The topological polar surface area (TPSA) is 58.5 Å². The summed E-state index contributed by atoms with van der Waals surface area (Å²) >= 11 is 1.67. The standard InChI is InChI=1S/C14H19N3O2S/c1-9-7-11-13(15-8-16-14(11)20-9)17(4-5-18)12-3-6-19-10(12)2/h7-8,10,12,18H,3-6H2,1-2H3/t10-,12-/m0/s1. The minimum atomic E-state index is 0.109. The highest BCUT2D eigenvalue weighted by Crippen LogP contribution is 2.32. The summed E-state index contributed by atoms with van der Waals surface area (Å²) in [6.45, 7) is 5.61. The van der Waals surface area contributed by atoms with Gasteiger partial charge in [-0.1, -0.05) is 0 Å². The second-order valence-corrected chi connectivity index (χ2v) is 6.36. The quantitative estimate of drug-likeness (QED) is 0.934. The Morgan fingerprint density at radius 2 is 2.35 bits per heavy atom. The molecule has 2 aromatic heterocycles. The lowest BCUT2D eigenvalue weighted by Crippen LogP contribution is -2.42. The molecule has 1 fully saturated rings. The van der Waals surface area contributed by atoms with E-state index in [4.69, 9.17) is 4.74 Å². The molecular weight excluding hydrogens is 274 g/mol. The van der Waals surface area contributed by atoms with E-state index in [1.54, 1.807) is 17.7 Å². The first-order valence-electron chi connectivity index (χ1n) is 6.91. The van der Waals surface area contributed by atoms with Crippen molar-refractivity contribution in [3.63, 3.8) is 0 Å². The van der Waals surface area contributed by atoms with E-state index in [-0.39, 0.29) is 18.8 Å². The third-order valence-electron chi connectivity index (χ3n) is 3.78. The summed E-state index contributed by atoms with van der Waals surface area (Å²) in [4.78, 5) is 13.2. The number of rotatable bonds is 4. The Morgan fingerprint density at radius 1 is 1.50 bits per heavy atom. The summed E-state index contributed by atoms with van der Waals surface area (Å²) in [7, 11) is 0. The van der Waals surface area contributed by atoms with Crippen LogP contribution in [0.4, 0.5) is 5.82 Å². The fourth-order valence-corrected chi connectivity index (χ4v) is 3.70. The van der Waals surface area contributed by atoms with Gasteiger partial charge in [0, 0.05) is 18.0 Å². The monoisotopic (exact) mass is 293 g/mol. The third-order valence-corrected chi connectivity index (χ3v) is 4.74. The number of nitrogens with zero attached hydrogens (tertiary/aromatic N) is 3. The Labute approximate surface area is 122 Å². The van der Waals surface area contributed by atoms with Crippen LogP contribution in [-0.4, -0.2) is 47.0 Å². The summed E-state index contributed by atoms with van der Waals surface area (Å²) in [5, 5.41) is 10.5. The van der Waals surface area contributed by atoms with Crippen LogP contribution in [-0.2, 0) is 4.74 Å². The van der Waals surface area contributed by atoms with Crippen LogP contribution in [0.5, 0.6) is 0 Å². The van der Waals surface area contributed by atoms with E-state index in [1.165, 1.54) is 4.88 Å². The fraction of sp³-hybridized carbons (Fsp3) is 0.571. The molecule has 108 valence electrons. The molecule has 1 N–H and O–H groups in total. The van der Waals surface area contributed by atoms with Gasteiger partial charge in [-0.2, -0.15) is 0 Å². The average Bonchev–Trinajstić information content (AvgIpc) is 3.00. The first kappa shape index (κ1) is 13.7. The zero-order valence-corrected chi connectivity index (χ0v) is 12.6. The first-order chi connectivity index (χ1) is 9.70. The van der Waals surface area contributed by atoms with Crippen molar-refractivity contribution < 1.29 is 9.84 Å². The maximum absolute atomic E-state index is 9.40. The molecule has 0 spiro atoms. The zero-order chi connectivity index (χ0) is 14.1.